The van der Waals surface area contributed by atoms with E-state index < -0.39 is 5.41 Å². The van der Waals surface area contributed by atoms with Crippen LogP contribution in [-0.4, -0.2) is 22.8 Å². The smallest absolute Gasteiger partial charge is 0.146 e. The zero-order valence-corrected chi connectivity index (χ0v) is 37.3. The van der Waals surface area contributed by atoms with Crippen LogP contribution in [-0.2, 0) is 5.41 Å². The maximum Gasteiger partial charge on any atom is 0.146 e. The minimum Gasteiger partial charge on any atom is -0.298 e. The lowest BCUT2D eigenvalue weighted by Crippen LogP contribution is -2.29. The third-order valence-electron chi connectivity index (χ3n) is 11.6. The van der Waals surface area contributed by atoms with Crippen molar-refractivity contribution < 1.29 is 0 Å². The van der Waals surface area contributed by atoms with E-state index in [9.17, 15) is 31.9 Å². The normalized spacial score (nSPS) is 16.6. The van der Waals surface area contributed by atoms with Gasteiger partial charge in [-0.15, -0.1) is 22.7 Å². The summed E-state index contributed by atoms with van der Waals surface area (Å²) >= 11 is 11.4. The Balaban J connectivity index is 1.21. The first-order valence-electron chi connectivity index (χ1n) is 19.9. The van der Waals surface area contributed by atoms with Gasteiger partial charge in [-0.2, -0.15) is 21.0 Å². The molecular formula is C53H30N8S4. The number of benzene rings is 4. The number of nitrogens with zero attached hydrogens (tertiary/aromatic N) is 6. The highest BCUT2D eigenvalue weighted by Gasteiger charge is 2.47. The Labute approximate surface area is 392 Å². The van der Waals surface area contributed by atoms with Gasteiger partial charge in [0.1, 0.15) is 46.8 Å². The van der Waals surface area contributed by atoms with E-state index >= 15 is 0 Å². The van der Waals surface area contributed by atoms with E-state index in [0.717, 1.165) is 64.7 Å². The van der Waals surface area contributed by atoms with Gasteiger partial charge in [0.15, 0.2) is 0 Å². The van der Waals surface area contributed by atoms with Crippen molar-refractivity contribution in [2.75, 3.05) is 0 Å². The second kappa shape index (κ2) is 17.7. The van der Waals surface area contributed by atoms with Crippen molar-refractivity contribution in [2.45, 2.75) is 5.41 Å². The van der Waals surface area contributed by atoms with Gasteiger partial charge in [-0.05, 0) is 119 Å². The molecule has 2 heterocycles. The summed E-state index contributed by atoms with van der Waals surface area (Å²) in [4.78, 5) is 0. The van der Waals surface area contributed by atoms with Crippen molar-refractivity contribution in [1.82, 2.24) is 0 Å². The molecule has 0 aliphatic heterocycles. The van der Waals surface area contributed by atoms with Crippen LogP contribution in [0.4, 0.5) is 0 Å². The van der Waals surface area contributed by atoms with Gasteiger partial charge in [-0.3, -0.25) is 10.8 Å². The van der Waals surface area contributed by atoms with E-state index in [4.69, 9.17) is 0 Å². The number of thiol groups is 2. The molecule has 0 saturated heterocycles. The van der Waals surface area contributed by atoms with Gasteiger partial charge >= 0.3 is 0 Å². The zero-order chi connectivity index (χ0) is 45.2. The highest BCUT2D eigenvalue weighted by Crippen LogP contribution is 2.57. The van der Waals surface area contributed by atoms with Gasteiger partial charge in [0.05, 0.1) is 25.9 Å². The molecule has 65 heavy (non-hydrogen) atoms. The Morgan fingerprint density at radius 3 is 1.29 bits per heavy atom. The molecule has 0 radical (unpaired) electrons. The van der Waals surface area contributed by atoms with E-state index in [-0.39, 0.29) is 22.6 Å². The number of nitrogens with one attached hydrogen (secondary N) is 2. The van der Waals surface area contributed by atoms with Crippen molar-refractivity contribution in [3.8, 4) is 35.4 Å². The van der Waals surface area contributed by atoms with Gasteiger partial charge < -0.3 is 0 Å². The number of nitriles is 4. The Morgan fingerprint density at radius 1 is 0.523 bits per heavy atom. The maximum absolute atomic E-state index is 9.37. The molecule has 0 unspecified atom stereocenters. The van der Waals surface area contributed by atoms with E-state index in [1.165, 1.54) is 22.7 Å². The molecular weight excluding hydrogens is 877 g/mol. The van der Waals surface area contributed by atoms with Crippen molar-refractivity contribution in [1.29, 1.82) is 31.9 Å². The topological polar surface area (TPSA) is 168 Å². The molecule has 3 aliphatic carbocycles. The molecule has 6 aromatic rings. The van der Waals surface area contributed by atoms with Crippen LogP contribution in [0.2, 0.25) is 0 Å². The van der Waals surface area contributed by atoms with Crippen molar-refractivity contribution in [3.63, 3.8) is 0 Å². The Hall–Kier alpha value is -7.94. The summed E-state index contributed by atoms with van der Waals surface area (Å²) in [6.07, 6.45) is 11.4. The van der Waals surface area contributed by atoms with Crippen LogP contribution < -0.4 is 18.1 Å². The van der Waals surface area contributed by atoms with Crippen LogP contribution in [0.1, 0.15) is 33.4 Å². The van der Waals surface area contributed by atoms with Gasteiger partial charge in [-0.1, -0.05) is 109 Å². The quantitative estimate of drug-likeness (QED) is 0.0968. The van der Waals surface area contributed by atoms with Crippen molar-refractivity contribution in [2.24, 2.45) is 8.80 Å². The first kappa shape index (κ1) is 42.4. The average molecular weight is 907 g/mol. The minimum atomic E-state index is -0.802. The summed E-state index contributed by atoms with van der Waals surface area (Å²) in [5.41, 5.74) is 11.2. The number of hydrogen-bond acceptors (Lipinski definition) is 12. The molecule has 3 aliphatic rings. The molecule has 2 N–H and O–H groups in total. The van der Waals surface area contributed by atoms with Gasteiger partial charge in [0, 0.05) is 31.4 Å². The van der Waals surface area contributed by atoms with E-state index in [1.807, 2.05) is 85.0 Å². The number of rotatable bonds is 6. The molecule has 0 bridgehead atoms. The second-order valence-electron chi connectivity index (χ2n) is 14.9. The monoisotopic (exact) mass is 906 g/mol. The third kappa shape index (κ3) is 7.28. The summed E-state index contributed by atoms with van der Waals surface area (Å²) in [5, 5.41) is 56.0. The summed E-state index contributed by atoms with van der Waals surface area (Å²) in [6, 6.07) is 48.6. The predicted octanol–water partition coefficient (Wildman–Crippen LogP) is 8.79. The highest BCUT2D eigenvalue weighted by molar-refractivity contribution is 7.79. The molecule has 0 spiro atoms. The number of thiophene rings is 2. The molecule has 0 fully saturated rings. The predicted molar refractivity (Wildman–Crippen MR) is 269 cm³/mol. The molecule has 0 atom stereocenters. The molecule has 8 nitrogen and oxygen atoms in total. The summed E-state index contributed by atoms with van der Waals surface area (Å²) in [7, 11) is 0. The largest absolute Gasteiger partial charge is 0.298 e. The number of allylic oxidation sites excluding steroid dienone is 8. The molecule has 9 rings (SSSR count). The van der Waals surface area contributed by atoms with E-state index in [1.54, 1.807) is 12.1 Å². The van der Waals surface area contributed by atoms with E-state index in [2.05, 4.69) is 119 Å². The van der Waals surface area contributed by atoms with Crippen LogP contribution in [0, 0.1) is 56.1 Å². The summed E-state index contributed by atoms with van der Waals surface area (Å²) in [6.45, 7) is 0. The van der Waals surface area contributed by atoms with Crippen LogP contribution >= 0.6 is 48.3 Å². The number of fused-ring (bicyclic) bond motifs is 3. The maximum atomic E-state index is 9.37. The molecule has 4 aromatic carbocycles. The second-order valence-corrected chi connectivity index (χ2v) is 17.6. The van der Waals surface area contributed by atoms with Crippen LogP contribution in [0.3, 0.4) is 0 Å². The molecule has 2 aromatic heterocycles. The Kier molecular flexibility index (Phi) is 11.5. The average Bonchev–Trinajstić information content (AvgIpc) is 4.08. The zero-order valence-electron chi connectivity index (χ0n) is 33.9. The SMILES string of the molecule is N#CC(C#N)=c1cc/c(=C\C2=CC=C(c3ccc4c(c3)C(c3ccccc3)(c3ccccc3)c3cc(C5=CC=C(/C=c6\ccc(=C(C#N)C#N)s6)C(=N)C5=NS)ccc3-4)C(=NS)C2=N)s1. The standard InChI is InChI=1S/C53H30N8S4/c54-27-35(28-55)47-21-15-39(64-47)23-33-13-17-41(51(60-62)49(33)58)31-11-19-43-44-20-12-32(26-46(44)53(45(43)25-31,37-7-3-1-4-8-37)38-9-5-2-6-10-38)42-18-14-34(50(59)52(42)61-63)24-40-16-22-48(65-40)36(29-56)30-57/h1-26,58-59,62-63H/b39-23+,40-24+,58-49?,59-50?,60-51?,61-52?. The minimum absolute atomic E-state index is 0.0436. The summed E-state index contributed by atoms with van der Waals surface area (Å²) in [5.74, 6) is 0. The number of hydrogen-bond donors (Lipinski definition) is 4. The third-order valence-corrected chi connectivity index (χ3v) is 14.1. The van der Waals surface area contributed by atoms with Gasteiger partial charge in [0.25, 0.3) is 0 Å². The van der Waals surface area contributed by atoms with Crippen LogP contribution in [0.15, 0.2) is 166 Å². The highest BCUT2D eigenvalue weighted by atomic mass is 32.1. The fourth-order valence-electron chi connectivity index (χ4n) is 8.66. The molecule has 12 heteroatoms. The fraction of sp³-hybridized carbons (Fsp3) is 0.0189. The molecule has 0 saturated carbocycles. The Morgan fingerprint density at radius 2 is 0.923 bits per heavy atom. The van der Waals surface area contributed by atoms with Crippen molar-refractivity contribution >= 4 is 106 Å². The van der Waals surface area contributed by atoms with Crippen LogP contribution in [0.5, 0.6) is 0 Å². The first-order valence-corrected chi connectivity index (χ1v) is 22.3. The van der Waals surface area contributed by atoms with Crippen molar-refractivity contribution in [3.05, 3.63) is 208 Å². The Bertz CT molecular complexity index is 3420. The first-order chi connectivity index (χ1) is 31.8. The molecule has 306 valence electrons. The molecule has 0 amide bonds. The van der Waals surface area contributed by atoms with E-state index in [0.29, 0.717) is 31.6 Å². The van der Waals surface area contributed by atoms with Crippen LogP contribution in [0.25, 0.3) is 45.6 Å². The summed E-state index contributed by atoms with van der Waals surface area (Å²) < 4.78 is 11.4. The van der Waals surface area contributed by atoms with Gasteiger partial charge in [0.2, 0.25) is 0 Å². The fourth-order valence-corrected chi connectivity index (χ4v) is 10.9. The van der Waals surface area contributed by atoms with Gasteiger partial charge in [-0.25, -0.2) is 8.80 Å². The lowest BCUT2D eigenvalue weighted by molar-refractivity contribution is 0.768. The lowest BCUT2D eigenvalue weighted by atomic mass is 9.67. The lowest BCUT2D eigenvalue weighted by Gasteiger charge is -2.34.